The number of aromatic nitrogens is 1. The molecule has 0 saturated carbocycles. The molecule has 26 heavy (non-hydrogen) atoms. The maximum Gasteiger partial charge on any atom is 0.251 e. The van der Waals surface area contributed by atoms with Gasteiger partial charge in [-0.3, -0.25) is 4.79 Å². The van der Waals surface area contributed by atoms with Gasteiger partial charge in [-0.2, -0.15) is 0 Å². The zero-order chi connectivity index (χ0) is 17.8. The topological polar surface area (TPSA) is 45.2 Å². The minimum atomic E-state index is 0.0114. The molecule has 0 radical (unpaired) electrons. The molecule has 0 aliphatic carbocycles. The molecule has 2 aromatic carbocycles. The SMILES string of the molecule is O=C(NC1CCN(c2nccs2)CC1)c1ccc(-c2ccccc2)cc1. The van der Waals surface area contributed by atoms with Gasteiger partial charge in [0.2, 0.25) is 0 Å². The Labute approximate surface area is 157 Å². The summed E-state index contributed by atoms with van der Waals surface area (Å²) in [5, 5.41) is 6.26. The van der Waals surface area contributed by atoms with E-state index in [2.05, 4.69) is 27.3 Å². The van der Waals surface area contributed by atoms with Crippen LogP contribution in [0.5, 0.6) is 0 Å². The van der Waals surface area contributed by atoms with Crippen molar-refractivity contribution in [2.75, 3.05) is 18.0 Å². The van der Waals surface area contributed by atoms with E-state index in [0.29, 0.717) is 5.56 Å². The molecule has 1 aliphatic rings. The molecule has 132 valence electrons. The number of nitrogens with one attached hydrogen (secondary N) is 1. The Hall–Kier alpha value is -2.66. The predicted octanol–water partition coefficient (Wildman–Crippen LogP) is 4.21. The number of piperidine rings is 1. The molecule has 1 aromatic heterocycles. The van der Waals surface area contributed by atoms with Gasteiger partial charge in [-0.05, 0) is 36.1 Å². The third-order valence-corrected chi connectivity index (χ3v) is 5.61. The Morgan fingerprint density at radius 3 is 2.35 bits per heavy atom. The first-order valence-corrected chi connectivity index (χ1v) is 9.78. The highest BCUT2D eigenvalue weighted by Crippen LogP contribution is 2.22. The van der Waals surface area contributed by atoms with Crippen LogP contribution in [0.2, 0.25) is 0 Å². The monoisotopic (exact) mass is 363 g/mol. The number of thiazole rings is 1. The molecule has 4 nitrogen and oxygen atoms in total. The Kier molecular flexibility index (Phi) is 4.97. The Bertz CT molecular complexity index is 839. The smallest absolute Gasteiger partial charge is 0.251 e. The lowest BCUT2D eigenvalue weighted by molar-refractivity contribution is 0.0931. The number of carbonyl (C=O) groups excluding carboxylic acids is 1. The van der Waals surface area contributed by atoms with Gasteiger partial charge in [0.25, 0.3) is 5.91 Å². The van der Waals surface area contributed by atoms with Crippen molar-refractivity contribution in [1.82, 2.24) is 10.3 Å². The highest BCUT2D eigenvalue weighted by atomic mass is 32.1. The second-order valence-corrected chi connectivity index (χ2v) is 7.37. The summed E-state index contributed by atoms with van der Waals surface area (Å²) in [5.74, 6) is 0.0114. The number of benzene rings is 2. The van der Waals surface area contributed by atoms with Crippen LogP contribution in [0.4, 0.5) is 5.13 Å². The minimum Gasteiger partial charge on any atom is -0.349 e. The third-order valence-electron chi connectivity index (χ3n) is 4.77. The van der Waals surface area contributed by atoms with Gasteiger partial charge in [-0.15, -0.1) is 11.3 Å². The molecule has 1 aliphatic heterocycles. The zero-order valence-electron chi connectivity index (χ0n) is 14.5. The standard InChI is InChI=1S/C21H21N3OS/c25-20(18-8-6-17(7-9-18)16-4-2-1-3-5-16)23-19-10-13-24(14-11-19)21-22-12-15-26-21/h1-9,12,15,19H,10-11,13-14H2,(H,23,25). The van der Waals surface area contributed by atoms with Gasteiger partial charge in [-0.1, -0.05) is 42.5 Å². The zero-order valence-corrected chi connectivity index (χ0v) is 15.3. The normalized spacial score (nSPS) is 15.0. The van der Waals surface area contributed by atoms with E-state index in [1.165, 1.54) is 0 Å². The van der Waals surface area contributed by atoms with Crippen LogP contribution in [0, 0.1) is 0 Å². The molecule has 4 rings (SSSR count). The molecule has 0 unspecified atom stereocenters. The summed E-state index contributed by atoms with van der Waals surface area (Å²) in [4.78, 5) is 19.2. The first-order valence-electron chi connectivity index (χ1n) is 8.90. The summed E-state index contributed by atoms with van der Waals surface area (Å²) < 4.78 is 0. The summed E-state index contributed by atoms with van der Waals surface area (Å²) in [6, 6.07) is 18.3. The van der Waals surface area contributed by atoms with Gasteiger partial charge in [0.1, 0.15) is 0 Å². The van der Waals surface area contributed by atoms with Gasteiger partial charge < -0.3 is 10.2 Å². The Morgan fingerprint density at radius 2 is 1.69 bits per heavy atom. The highest BCUT2D eigenvalue weighted by Gasteiger charge is 2.22. The number of hydrogen-bond acceptors (Lipinski definition) is 4. The van der Waals surface area contributed by atoms with E-state index in [9.17, 15) is 4.79 Å². The minimum absolute atomic E-state index is 0.0114. The number of hydrogen-bond donors (Lipinski definition) is 1. The van der Waals surface area contributed by atoms with Crippen molar-refractivity contribution in [3.8, 4) is 11.1 Å². The maximum atomic E-state index is 12.5. The third kappa shape index (κ3) is 3.78. The lowest BCUT2D eigenvalue weighted by Gasteiger charge is -2.32. The van der Waals surface area contributed by atoms with Crippen molar-refractivity contribution >= 4 is 22.4 Å². The summed E-state index contributed by atoms with van der Waals surface area (Å²) in [7, 11) is 0. The molecule has 0 spiro atoms. The first kappa shape index (κ1) is 16.8. The molecule has 0 atom stereocenters. The molecule has 1 N–H and O–H groups in total. The van der Waals surface area contributed by atoms with Gasteiger partial charge in [0, 0.05) is 36.3 Å². The summed E-state index contributed by atoms with van der Waals surface area (Å²) >= 11 is 1.67. The van der Waals surface area contributed by atoms with Crippen LogP contribution in [0.15, 0.2) is 66.2 Å². The van der Waals surface area contributed by atoms with E-state index in [0.717, 1.165) is 42.2 Å². The second kappa shape index (κ2) is 7.70. The van der Waals surface area contributed by atoms with Crippen molar-refractivity contribution in [3.63, 3.8) is 0 Å². The number of rotatable bonds is 4. The van der Waals surface area contributed by atoms with E-state index in [-0.39, 0.29) is 11.9 Å². The van der Waals surface area contributed by atoms with Gasteiger partial charge in [0.15, 0.2) is 5.13 Å². The molecule has 1 saturated heterocycles. The fraction of sp³-hybridized carbons (Fsp3) is 0.238. The lowest BCUT2D eigenvalue weighted by atomic mass is 10.0. The van der Waals surface area contributed by atoms with Crippen LogP contribution in [0.3, 0.4) is 0 Å². The van der Waals surface area contributed by atoms with Crippen LogP contribution in [-0.4, -0.2) is 30.0 Å². The molecule has 1 fully saturated rings. The molecule has 0 bridgehead atoms. The Morgan fingerprint density at radius 1 is 1.00 bits per heavy atom. The fourth-order valence-electron chi connectivity index (χ4n) is 3.30. The average molecular weight is 363 g/mol. The molecule has 3 aromatic rings. The molecule has 5 heteroatoms. The highest BCUT2D eigenvalue weighted by molar-refractivity contribution is 7.13. The van der Waals surface area contributed by atoms with Crippen LogP contribution in [0.1, 0.15) is 23.2 Å². The quantitative estimate of drug-likeness (QED) is 0.755. The van der Waals surface area contributed by atoms with Crippen LogP contribution < -0.4 is 10.2 Å². The number of amides is 1. The molecular weight excluding hydrogens is 342 g/mol. The first-order chi connectivity index (χ1) is 12.8. The predicted molar refractivity (Wildman–Crippen MR) is 107 cm³/mol. The van der Waals surface area contributed by atoms with Crippen molar-refractivity contribution < 1.29 is 4.79 Å². The second-order valence-electron chi connectivity index (χ2n) is 6.49. The van der Waals surface area contributed by atoms with E-state index >= 15 is 0 Å². The number of anilines is 1. The summed E-state index contributed by atoms with van der Waals surface area (Å²) in [6.07, 6.45) is 3.74. The van der Waals surface area contributed by atoms with E-state index in [4.69, 9.17) is 0 Å². The largest absolute Gasteiger partial charge is 0.349 e. The molecule has 1 amide bonds. The van der Waals surface area contributed by atoms with Crippen molar-refractivity contribution in [1.29, 1.82) is 0 Å². The average Bonchev–Trinajstić information content (AvgIpc) is 3.24. The maximum absolute atomic E-state index is 12.5. The van der Waals surface area contributed by atoms with Crippen molar-refractivity contribution in [2.45, 2.75) is 18.9 Å². The van der Waals surface area contributed by atoms with Crippen LogP contribution in [0.25, 0.3) is 11.1 Å². The van der Waals surface area contributed by atoms with Crippen molar-refractivity contribution in [2.24, 2.45) is 0 Å². The number of carbonyl (C=O) groups is 1. The summed E-state index contributed by atoms with van der Waals surface area (Å²) in [5.41, 5.74) is 3.00. The van der Waals surface area contributed by atoms with Crippen LogP contribution >= 0.6 is 11.3 Å². The van der Waals surface area contributed by atoms with E-state index in [1.54, 1.807) is 11.3 Å². The Balaban J connectivity index is 1.34. The van der Waals surface area contributed by atoms with Crippen LogP contribution in [-0.2, 0) is 0 Å². The molecule has 2 heterocycles. The van der Waals surface area contributed by atoms with E-state index < -0.39 is 0 Å². The van der Waals surface area contributed by atoms with Gasteiger partial charge >= 0.3 is 0 Å². The van der Waals surface area contributed by atoms with Gasteiger partial charge in [0.05, 0.1) is 0 Å². The lowest BCUT2D eigenvalue weighted by Crippen LogP contribution is -2.44. The van der Waals surface area contributed by atoms with E-state index in [1.807, 2.05) is 54.0 Å². The molecular formula is C21H21N3OS. The fourth-order valence-corrected chi connectivity index (χ4v) is 4.00. The summed E-state index contributed by atoms with van der Waals surface area (Å²) in [6.45, 7) is 1.87. The van der Waals surface area contributed by atoms with Crippen molar-refractivity contribution in [3.05, 3.63) is 71.7 Å². The number of nitrogens with zero attached hydrogens (tertiary/aromatic N) is 2. The van der Waals surface area contributed by atoms with Gasteiger partial charge in [-0.25, -0.2) is 4.98 Å².